The Bertz CT molecular complexity index is 421. The van der Waals surface area contributed by atoms with Crippen molar-refractivity contribution >= 4 is 5.82 Å². The molecule has 0 radical (unpaired) electrons. The monoisotopic (exact) mass is 236 g/mol. The minimum absolute atomic E-state index is 0.0184. The van der Waals surface area contributed by atoms with Gasteiger partial charge in [0.2, 0.25) is 0 Å². The van der Waals surface area contributed by atoms with Crippen LogP contribution in [0.2, 0.25) is 0 Å². The molecule has 2 rings (SSSR count). The van der Waals surface area contributed by atoms with Gasteiger partial charge in [-0.3, -0.25) is 4.79 Å². The lowest BCUT2D eigenvalue weighted by Crippen LogP contribution is -2.43. The van der Waals surface area contributed by atoms with Crippen molar-refractivity contribution in [1.29, 1.82) is 0 Å². The molecule has 0 spiro atoms. The van der Waals surface area contributed by atoms with Gasteiger partial charge in [0.1, 0.15) is 0 Å². The highest BCUT2D eigenvalue weighted by Gasteiger charge is 2.19. The number of piperidine rings is 1. The van der Waals surface area contributed by atoms with Crippen LogP contribution in [0.15, 0.2) is 17.2 Å². The van der Waals surface area contributed by atoms with Crippen molar-refractivity contribution in [1.82, 2.24) is 9.55 Å². The zero-order valence-corrected chi connectivity index (χ0v) is 10.3. The smallest absolute Gasteiger partial charge is 0.293 e. The summed E-state index contributed by atoms with van der Waals surface area (Å²) >= 11 is 0. The Kier molecular flexibility index (Phi) is 3.78. The molecule has 2 N–H and O–H groups in total. The molecule has 0 aromatic carbocycles. The lowest BCUT2D eigenvalue weighted by molar-refractivity contribution is 0.495. The van der Waals surface area contributed by atoms with Crippen LogP contribution in [0.25, 0.3) is 0 Å². The van der Waals surface area contributed by atoms with Crippen molar-refractivity contribution in [3.05, 3.63) is 22.7 Å². The van der Waals surface area contributed by atoms with E-state index in [4.69, 9.17) is 5.73 Å². The zero-order valence-electron chi connectivity index (χ0n) is 10.3. The molecule has 1 aromatic rings. The van der Waals surface area contributed by atoms with E-state index in [-0.39, 0.29) is 11.6 Å². The lowest BCUT2D eigenvalue weighted by Gasteiger charge is -2.30. The van der Waals surface area contributed by atoms with Gasteiger partial charge in [-0.25, -0.2) is 4.98 Å². The molecule has 1 saturated heterocycles. The fourth-order valence-corrected chi connectivity index (χ4v) is 2.18. The molecule has 0 amide bonds. The molecule has 2 heterocycles. The maximum absolute atomic E-state index is 12.2. The van der Waals surface area contributed by atoms with Crippen LogP contribution in [-0.2, 0) is 6.54 Å². The maximum Gasteiger partial charge on any atom is 0.293 e. The summed E-state index contributed by atoms with van der Waals surface area (Å²) in [5.74, 6) is 0.577. The first kappa shape index (κ1) is 12.1. The summed E-state index contributed by atoms with van der Waals surface area (Å²) in [5.41, 5.74) is 5.88. The largest absolute Gasteiger partial charge is 0.352 e. The van der Waals surface area contributed by atoms with Gasteiger partial charge in [0, 0.05) is 38.1 Å². The van der Waals surface area contributed by atoms with Crippen LogP contribution in [0.3, 0.4) is 0 Å². The third-order valence-electron chi connectivity index (χ3n) is 3.20. The Balaban J connectivity index is 2.21. The minimum Gasteiger partial charge on any atom is -0.352 e. The topological polar surface area (TPSA) is 64.2 Å². The summed E-state index contributed by atoms with van der Waals surface area (Å²) < 4.78 is 1.73. The van der Waals surface area contributed by atoms with Crippen molar-refractivity contribution in [2.45, 2.75) is 38.8 Å². The third-order valence-corrected chi connectivity index (χ3v) is 3.20. The number of anilines is 1. The Morgan fingerprint density at radius 1 is 1.47 bits per heavy atom. The Morgan fingerprint density at radius 3 is 2.82 bits per heavy atom. The number of aryl methyl sites for hydroxylation is 1. The Hall–Kier alpha value is -1.36. The molecule has 17 heavy (non-hydrogen) atoms. The van der Waals surface area contributed by atoms with Crippen LogP contribution in [0.4, 0.5) is 5.82 Å². The molecule has 94 valence electrons. The van der Waals surface area contributed by atoms with E-state index in [2.05, 4.69) is 16.8 Å². The van der Waals surface area contributed by atoms with Crippen LogP contribution in [0, 0.1) is 0 Å². The second kappa shape index (κ2) is 5.31. The van der Waals surface area contributed by atoms with E-state index in [0.717, 1.165) is 38.9 Å². The van der Waals surface area contributed by atoms with Gasteiger partial charge in [-0.05, 0) is 19.3 Å². The van der Waals surface area contributed by atoms with E-state index in [9.17, 15) is 4.79 Å². The molecule has 0 unspecified atom stereocenters. The predicted molar refractivity (Wildman–Crippen MR) is 68.2 cm³/mol. The molecule has 0 saturated carbocycles. The van der Waals surface area contributed by atoms with Crippen molar-refractivity contribution < 1.29 is 0 Å². The maximum atomic E-state index is 12.2. The highest BCUT2D eigenvalue weighted by molar-refractivity contribution is 5.36. The van der Waals surface area contributed by atoms with Gasteiger partial charge in [0.25, 0.3) is 5.56 Å². The number of nitrogens with two attached hydrogens (primary N) is 1. The molecule has 1 aromatic heterocycles. The van der Waals surface area contributed by atoms with Crippen molar-refractivity contribution in [2.75, 3.05) is 18.0 Å². The molecule has 1 aliphatic rings. The van der Waals surface area contributed by atoms with Crippen molar-refractivity contribution in [3.8, 4) is 0 Å². The number of rotatable bonds is 3. The van der Waals surface area contributed by atoms with Crippen LogP contribution in [0.1, 0.15) is 26.2 Å². The van der Waals surface area contributed by atoms with Crippen LogP contribution >= 0.6 is 0 Å². The van der Waals surface area contributed by atoms with E-state index in [1.165, 1.54) is 0 Å². The van der Waals surface area contributed by atoms with E-state index >= 15 is 0 Å². The van der Waals surface area contributed by atoms with E-state index in [1.54, 1.807) is 17.0 Å². The first-order valence-electron chi connectivity index (χ1n) is 6.28. The second-order valence-electron chi connectivity index (χ2n) is 4.57. The number of hydrogen-bond donors (Lipinski definition) is 1. The fraction of sp³-hybridized carbons (Fsp3) is 0.667. The summed E-state index contributed by atoms with van der Waals surface area (Å²) in [6.45, 7) is 4.48. The lowest BCUT2D eigenvalue weighted by atomic mass is 10.1. The molecule has 0 atom stereocenters. The highest BCUT2D eigenvalue weighted by atomic mass is 16.1. The van der Waals surface area contributed by atoms with E-state index in [0.29, 0.717) is 5.82 Å². The van der Waals surface area contributed by atoms with E-state index in [1.807, 2.05) is 0 Å². The average molecular weight is 236 g/mol. The summed E-state index contributed by atoms with van der Waals surface area (Å²) in [6.07, 6.45) is 6.29. The van der Waals surface area contributed by atoms with Gasteiger partial charge >= 0.3 is 0 Å². The van der Waals surface area contributed by atoms with Gasteiger partial charge in [0.15, 0.2) is 5.82 Å². The Morgan fingerprint density at radius 2 is 2.18 bits per heavy atom. The SMILES string of the molecule is CCCn1ccnc(N2CCC(N)CC2)c1=O. The normalized spacial score (nSPS) is 17.4. The molecule has 1 aliphatic heterocycles. The third kappa shape index (κ3) is 2.66. The molecule has 1 fully saturated rings. The number of aromatic nitrogens is 2. The first-order chi connectivity index (χ1) is 8.22. The molecule has 0 aliphatic carbocycles. The fourth-order valence-electron chi connectivity index (χ4n) is 2.18. The summed E-state index contributed by atoms with van der Waals surface area (Å²) in [6, 6.07) is 0.271. The second-order valence-corrected chi connectivity index (χ2v) is 4.57. The van der Waals surface area contributed by atoms with Gasteiger partial charge in [0.05, 0.1) is 0 Å². The van der Waals surface area contributed by atoms with Gasteiger partial charge < -0.3 is 15.2 Å². The molecule has 0 bridgehead atoms. The van der Waals surface area contributed by atoms with Crippen LogP contribution in [-0.4, -0.2) is 28.7 Å². The minimum atomic E-state index is 0.0184. The molecular weight excluding hydrogens is 216 g/mol. The van der Waals surface area contributed by atoms with E-state index < -0.39 is 0 Å². The number of nitrogens with zero attached hydrogens (tertiary/aromatic N) is 3. The molecule has 5 heteroatoms. The standard InChI is InChI=1S/C12H20N4O/c1-2-6-16-9-5-14-11(12(16)17)15-7-3-10(13)4-8-15/h5,9-10H,2-4,6-8,13H2,1H3. The van der Waals surface area contributed by atoms with Gasteiger partial charge in [-0.1, -0.05) is 6.92 Å². The quantitative estimate of drug-likeness (QED) is 0.834. The predicted octanol–water partition coefficient (Wildman–Crippen LogP) is 0.581. The first-order valence-corrected chi connectivity index (χ1v) is 6.28. The van der Waals surface area contributed by atoms with Crippen molar-refractivity contribution in [3.63, 3.8) is 0 Å². The highest BCUT2D eigenvalue weighted by Crippen LogP contribution is 2.13. The van der Waals surface area contributed by atoms with Gasteiger partial charge in [-0.15, -0.1) is 0 Å². The summed E-state index contributed by atoms with van der Waals surface area (Å²) in [4.78, 5) is 18.4. The van der Waals surface area contributed by atoms with Gasteiger partial charge in [-0.2, -0.15) is 0 Å². The summed E-state index contributed by atoms with van der Waals surface area (Å²) in [5, 5.41) is 0. The number of hydrogen-bond acceptors (Lipinski definition) is 4. The Labute approximate surface area is 101 Å². The van der Waals surface area contributed by atoms with Crippen LogP contribution in [0.5, 0.6) is 0 Å². The average Bonchev–Trinajstić information content (AvgIpc) is 2.34. The molecule has 5 nitrogen and oxygen atoms in total. The summed E-state index contributed by atoms with van der Waals surface area (Å²) in [7, 11) is 0. The van der Waals surface area contributed by atoms with Crippen LogP contribution < -0.4 is 16.2 Å². The van der Waals surface area contributed by atoms with Crippen molar-refractivity contribution in [2.24, 2.45) is 5.73 Å². The molecular formula is C12H20N4O. The zero-order chi connectivity index (χ0) is 12.3.